The van der Waals surface area contributed by atoms with Crippen LogP contribution in [0.15, 0.2) is 47.4 Å². The number of hydrogen-bond acceptors (Lipinski definition) is 6. The van der Waals surface area contributed by atoms with Crippen molar-refractivity contribution in [1.29, 1.82) is 0 Å². The highest BCUT2D eigenvalue weighted by Crippen LogP contribution is 2.31. The number of carbonyl (C=O) groups is 1. The Bertz CT molecular complexity index is 1070. The summed E-state index contributed by atoms with van der Waals surface area (Å²) < 4.78 is 79.7. The lowest BCUT2D eigenvalue weighted by molar-refractivity contribution is -0.274. The van der Waals surface area contributed by atoms with Crippen molar-refractivity contribution >= 4 is 27.3 Å². The third kappa shape index (κ3) is 6.26. The zero-order chi connectivity index (χ0) is 23.4. The number of sulfonamides is 1. The average molecular weight is 474 g/mol. The van der Waals surface area contributed by atoms with Crippen LogP contribution < -0.4 is 19.5 Å². The quantitative estimate of drug-likeness (QED) is 0.604. The number of anilines is 2. The van der Waals surface area contributed by atoms with Crippen LogP contribution in [0.2, 0.25) is 0 Å². The Labute approximate surface area is 182 Å². The molecule has 0 saturated carbocycles. The van der Waals surface area contributed by atoms with E-state index in [0.717, 1.165) is 12.1 Å². The van der Waals surface area contributed by atoms with Gasteiger partial charge in [0.25, 0.3) is 10.0 Å². The Morgan fingerprint density at radius 1 is 1.19 bits per heavy atom. The standard InChI is InChI=1S/C20H21F3N2O6S/c1-2-30-17-11-14(24-19(26)13-8-9-29-12-13)6-7-18(17)32(27,28)25-15-4-3-5-16(10-15)31-20(21,22)23/h3-7,10-11,13,25H,2,8-9,12H2,1H3,(H,24,26). The molecule has 1 aliphatic rings. The molecule has 2 aromatic rings. The van der Waals surface area contributed by atoms with Crippen molar-refractivity contribution in [2.45, 2.75) is 24.6 Å². The summed E-state index contributed by atoms with van der Waals surface area (Å²) in [4.78, 5) is 12.0. The number of amides is 1. The van der Waals surface area contributed by atoms with Gasteiger partial charge in [-0.05, 0) is 37.6 Å². The molecule has 0 bridgehead atoms. The predicted octanol–water partition coefficient (Wildman–Crippen LogP) is 3.76. The SMILES string of the molecule is CCOc1cc(NC(=O)C2CCOC2)ccc1S(=O)(=O)Nc1cccc(OC(F)(F)F)c1. The summed E-state index contributed by atoms with van der Waals surface area (Å²) in [6.45, 7) is 2.62. The second-order valence-corrected chi connectivity index (χ2v) is 8.48. The van der Waals surface area contributed by atoms with E-state index in [4.69, 9.17) is 9.47 Å². The Balaban J connectivity index is 1.82. The van der Waals surface area contributed by atoms with E-state index >= 15 is 0 Å². The van der Waals surface area contributed by atoms with Crippen LogP contribution >= 0.6 is 0 Å². The van der Waals surface area contributed by atoms with Crippen LogP contribution in [-0.4, -0.2) is 40.5 Å². The minimum atomic E-state index is -4.91. The van der Waals surface area contributed by atoms with Crippen molar-refractivity contribution in [3.63, 3.8) is 0 Å². The molecule has 1 unspecified atom stereocenters. The molecule has 0 radical (unpaired) electrons. The number of nitrogens with one attached hydrogen (secondary N) is 2. The van der Waals surface area contributed by atoms with Crippen LogP contribution in [-0.2, 0) is 19.6 Å². The first kappa shape index (κ1) is 23.7. The van der Waals surface area contributed by atoms with Gasteiger partial charge in [-0.15, -0.1) is 13.2 Å². The van der Waals surface area contributed by atoms with E-state index in [1.807, 2.05) is 0 Å². The van der Waals surface area contributed by atoms with Gasteiger partial charge in [0, 0.05) is 24.4 Å². The highest BCUT2D eigenvalue weighted by molar-refractivity contribution is 7.92. The van der Waals surface area contributed by atoms with Gasteiger partial charge >= 0.3 is 6.36 Å². The molecule has 2 aromatic carbocycles. The van der Waals surface area contributed by atoms with Gasteiger partial charge in [0.05, 0.1) is 24.8 Å². The number of carbonyl (C=O) groups excluding carboxylic acids is 1. The maximum atomic E-state index is 12.9. The van der Waals surface area contributed by atoms with Crippen molar-refractivity contribution in [2.24, 2.45) is 5.92 Å². The van der Waals surface area contributed by atoms with E-state index in [-0.39, 0.29) is 34.8 Å². The number of alkyl halides is 3. The van der Waals surface area contributed by atoms with E-state index in [2.05, 4.69) is 14.8 Å². The molecule has 12 heteroatoms. The van der Waals surface area contributed by atoms with Gasteiger partial charge in [0.2, 0.25) is 5.91 Å². The van der Waals surface area contributed by atoms with Gasteiger partial charge < -0.3 is 19.5 Å². The molecule has 8 nitrogen and oxygen atoms in total. The largest absolute Gasteiger partial charge is 0.573 e. The smallest absolute Gasteiger partial charge is 0.492 e. The topological polar surface area (TPSA) is 103 Å². The normalized spacial score (nSPS) is 16.4. The third-order valence-electron chi connectivity index (χ3n) is 4.42. The lowest BCUT2D eigenvalue weighted by atomic mass is 10.1. The van der Waals surface area contributed by atoms with Crippen LogP contribution in [0.4, 0.5) is 24.5 Å². The molecule has 0 spiro atoms. The van der Waals surface area contributed by atoms with Crippen LogP contribution in [0.25, 0.3) is 0 Å². The zero-order valence-corrected chi connectivity index (χ0v) is 17.8. The molecule has 32 heavy (non-hydrogen) atoms. The molecule has 1 amide bonds. The highest BCUT2D eigenvalue weighted by atomic mass is 32.2. The van der Waals surface area contributed by atoms with Crippen LogP contribution in [0, 0.1) is 5.92 Å². The number of benzene rings is 2. The lowest BCUT2D eigenvalue weighted by Crippen LogP contribution is -2.23. The van der Waals surface area contributed by atoms with Crippen LogP contribution in [0.3, 0.4) is 0 Å². The first-order chi connectivity index (χ1) is 15.1. The Kier molecular flexibility index (Phi) is 7.14. The minimum Gasteiger partial charge on any atom is -0.492 e. The van der Waals surface area contributed by atoms with Gasteiger partial charge in [-0.25, -0.2) is 8.42 Å². The van der Waals surface area contributed by atoms with Gasteiger partial charge in [0.15, 0.2) is 0 Å². The van der Waals surface area contributed by atoms with Crippen molar-refractivity contribution in [3.05, 3.63) is 42.5 Å². The fourth-order valence-electron chi connectivity index (χ4n) is 3.03. The second kappa shape index (κ2) is 9.65. The number of halogens is 3. The average Bonchev–Trinajstić information content (AvgIpc) is 3.22. The van der Waals surface area contributed by atoms with Crippen molar-refractivity contribution in [3.8, 4) is 11.5 Å². The van der Waals surface area contributed by atoms with E-state index in [1.165, 1.54) is 30.3 Å². The lowest BCUT2D eigenvalue weighted by Gasteiger charge is -2.16. The first-order valence-electron chi connectivity index (χ1n) is 9.61. The molecule has 174 valence electrons. The number of hydrogen-bond donors (Lipinski definition) is 2. The minimum absolute atomic E-state index is 0.0248. The van der Waals surface area contributed by atoms with E-state index in [9.17, 15) is 26.4 Å². The van der Waals surface area contributed by atoms with Crippen molar-refractivity contribution in [1.82, 2.24) is 0 Å². The van der Waals surface area contributed by atoms with Crippen LogP contribution in [0.5, 0.6) is 11.5 Å². The summed E-state index contributed by atoms with van der Waals surface area (Å²) in [5.41, 5.74) is 0.206. The molecule has 1 atom stereocenters. The summed E-state index contributed by atoms with van der Waals surface area (Å²) in [7, 11) is -4.23. The molecule has 3 rings (SSSR count). The van der Waals surface area contributed by atoms with Gasteiger partial charge in [-0.3, -0.25) is 9.52 Å². The van der Waals surface area contributed by atoms with Crippen molar-refractivity contribution < 1.29 is 40.6 Å². The molecule has 0 aromatic heterocycles. The molecule has 2 N–H and O–H groups in total. The summed E-state index contributed by atoms with van der Waals surface area (Å²) in [6, 6.07) is 8.45. The fourth-order valence-corrected chi connectivity index (χ4v) is 4.21. The third-order valence-corrected chi connectivity index (χ3v) is 5.84. The summed E-state index contributed by atoms with van der Waals surface area (Å²) >= 11 is 0. The molecule has 1 fully saturated rings. The molecule has 1 aliphatic heterocycles. The molecular weight excluding hydrogens is 453 g/mol. The van der Waals surface area contributed by atoms with E-state index in [0.29, 0.717) is 25.3 Å². The predicted molar refractivity (Wildman–Crippen MR) is 109 cm³/mol. The Morgan fingerprint density at radius 2 is 1.97 bits per heavy atom. The van der Waals surface area contributed by atoms with Gasteiger partial charge in [0.1, 0.15) is 16.4 Å². The number of rotatable bonds is 8. The Morgan fingerprint density at radius 3 is 2.62 bits per heavy atom. The Hall–Kier alpha value is -2.99. The van der Waals surface area contributed by atoms with Gasteiger partial charge in [-0.2, -0.15) is 0 Å². The molecular formula is C20H21F3N2O6S. The fraction of sp³-hybridized carbons (Fsp3) is 0.350. The zero-order valence-electron chi connectivity index (χ0n) is 16.9. The summed E-state index contributed by atoms with van der Waals surface area (Å²) in [5, 5.41) is 2.70. The monoisotopic (exact) mass is 474 g/mol. The van der Waals surface area contributed by atoms with E-state index in [1.54, 1.807) is 6.92 Å². The second-order valence-electron chi connectivity index (χ2n) is 6.83. The van der Waals surface area contributed by atoms with E-state index < -0.39 is 22.1 Å². The number of ether oxygens (including phenoxy) is 3. The first-order valence-corrected chi connectivity index (χ1v) is 11.1. The molecule has 0 aliphatic carbocycles. The summed E-state index contributed by atoms with van der Waals surface area (Å²) in [6.07, 6.45) is -4.32. The maximum absolute atomic E-state index is 12.9. The van der Waals surface area contributed by atoms with Crippen LogP contribution in [0.1, 0.15) is 13.3 Å². The van der Waals surface area contributed by atoms with Crippen molar-refractivity contribution in [2.75, 3.05) is 29.9 Å². The maximum Gasteiger partial charge on any atom is 0.573 e. The molecule has 1 heterocycles. The summed E-state index contributed by atoms with van der Waals surface area (Å²) in [5.74, 6) is -1.14. The van der Waals surface area contributed by atoms with Gasteiger partial charge in [-0.1, -0.05) is 6.07 Å². The highest BCUT2D eigenvalue weighted by Gasteiger charge is 2.31. The molecule has 1 saturated heterocycles.